The highest BCUT2D eigenvalue weighted by Gasteiger charge is 2.33. The third-order valence-corrected chi connectivity index (χ3v) is 5.14. The van der Waals surface area contributed by atoms with Gasteiger partial charge in [0.2, 0.25) is 0 Å². The Bertz CT molecular complexity index is 851. The first-order valence-corrected chi connectivity index (χ1v) is 8.63. The maximum absolute atomic E-state index is 12.6. The highest BCUT2D eigenvalue weighted by atomic mass is 32.2. The lowest BCUT2D eigenvalue weighted by molar-refractivity contribution is 0.352. The number of hydrogen-bond acceptors (Lipinski definition) is 5. The average Bonchev–Trinajstić information content (AvgIpc) is 2.90. The highest BCUT2D eigenvalue weighted by Crippen LogP contribution is 2.48. The lowest BCUT2D eigenvalue weighted by atomic mass is 10.0. The molecule has 0 saturated heterocycles. The van der Waals surface area contributed by atoms with Crippen molar-refractivity contribution in [2.24, 2.45) is 4.99 Å². The van der Waals surface area contributed by atoms with Crippen LogP contribution in [0.4, 0.5) is 5.82 Å². The first kappa shape index (κ1) is 16.7. The van der Waals surface area contributed by atoms with E-state index in [1.165, 1.54) is 0 Å². The zero-order valence-corrected chi connectivity index (χ0v) is 15.2. The predicted octanol–water partition coefficient (Wildman–Crippen LogP) is 3.66. The average molecular weight is 347 g/mol. The van der Waals surface area contributed by atoms with Crippen LogP contribution in [0.5, 0.6) is 11.5 Å². The van der Waals surface area contributed by atoms with Gasteiger partial charge in [0.25, 0.3) is 5.56 Å². The summed E-state index contributed by atoms with van der Waals surface area (Å²) in [6.45, 7) is 5.99. The summed E-state index contributed by atoms with van der Waals surface area (Å²) < 4.78 is 12.8. The minimum absolute atomic E-state index is 0.114. The zero-order chi connectivity index (χ0) is 17.4. The SMILES string of the molecule is COc1cccc([C@@H]2SC(C)=Nc3c2c(=O)[nH]n3C(C)C)c1OC. The molecule has 128 valence electrons. The van der Waals surface area contributed by atoms with Crippen molar-refractivity contribution < 1.29 is 9.47 Å². The predicted molar refractivity (Wildman–Crippen MR) is 97.2 cm³/mol. The molecule has 1 aliphatic rings. The van der Waals surface area contributed by atoms with Gasteiger partial charge < -0.3 is 9.47 Å². The van der Waals surface area contributed by atoms with Gasteiger partial charge in [-0.15, -0.1) is 0 Å². The van der Waals surface area contributed by atoms with Gasteiger partial charge in [0, 0.05) is 11.6 Å². The summed E-state index contributed by atoms with van der Waals surface area (Å²) >= 11 is 1.55. The van der Waals surface area contributed by atoms with Crippen molar-refractivity contribution >= 4 is 22.6 Å². The lowest BCUT2D eigenvalue weighted by Crippen LogP contribution is -2.14. The largest absolute Gasteiger partial charge is 0.493 e. The number of H-pyrrole nitrogens is 1. The number of ether oxygens (including phenoxy) is 2. The molecule has 0 radical (unpaired) electrons. The van der Waals surface area contributed by atoms with Crippen molar-refractivity contribution in [3.63, 3.8) is 0 Å². The second-order valence-corrected chi connectivity index (χ2v) is 7.15. The van der Waals surface area contributed by atoms with E-state index in [9.17, 15) is 4.79 Å². The molecule has 1 aliphatic heterocycles. The maximum Gasteiger partial charge on any atom is 0.271 e. The van der Waals surface area contributed by atoms with Crippen LogP contribution in [0.2, 0.25) is 0 Å². The van der Waals surface area contributed by atoms with E-state index >= 15 is 0 Å². The number of benzene rings is 1. The van der Waals surface area contributed by atoms with Gasteiger partial charge in [-0.05, 0) is 26.8 Å². The number of aromatic nitrogens is 2. The second kappa shape index (κ2) is 6.39. The number of para-hydroxylation sites is 1. The Labute approximate surface area is 144 Å². The Hall–Kier alpha value is -2.15. The minimum atomic E-state index is -0.189. The number of nitrogens with zero attached hydrogens (tertiary/aromatic N) is 2. The van der Waals surface area contributed by atoms with Crippen molar-refractivity contribution in [1.29, 1.82) is 0 Å². The summed E-state index contributed by atoms with van der Waals surface area (Å²) in [7, 11) is 3.22. The summed E-state index contributed by atoms with van der Waals surface area (Å²) in [6, 6.07) is 5.84. The monoisotopic (exact) mass is 347 g/mol. The molecule has 0 unspecified atom stereocenters. The van der Waals surface area contributed by atoms with Crippen LogP contribution in [0.3, 0.4) is 0 Å². The van der Waals surface area contributed by atoms with Crippen molar-refractivity contribution in [3.8, 4) is 11.5 Å². The first-order valence-electron chi connectivity index (χ1n) is 7.75. The Morgan fingerprint density at radius 3 is 2.67 bits per heavy atom. The number of hydrogen-bond donors (Lipinski definition) is 1. The van der Waals surface area contributed by atoms with Gasteiger partial charge in [0.15, 0.2) is 17.3 Å². The molecule has 0 amide bonds. The van der Waals surface area contributed by atoms with E-state index in [4.69, 9.17) is 9.47 Å². The maximum atomic E-state index is 12.6. The van der Waals surface area contributed by atoms with Crippen LogP contribution in [-0.4, -0.2) is 29.0 Å². The Balaban J connectivity index is 2.23. The lowest BCUT2D eigenvalue weighted by Gasteiger charge is -2.23. The number of aliphatic imine (C=N–C) groups is 1. The van der Waals surface area contributed by atoms with Crippen LogP contribution in [0, 0.1) is 0 Å². The molecule has 0 aliphatic carbocycles. The van der Waals surface area contributed by atoms with E-state index < -0.39 is 0 Å². The van der Waals surface area contributed by atoms with Gasteiger partial charge in [-0.1, -0.05) is 23.9 Å². The van der Waals surface area contributed by atoms with E-state index in [0.29, 0.717) is 22.9 Å². The molecule has 2 heterocycles. The molecule has 0 fully saturated rings. The van der Waals surface area contributed by atoms with Gasteiger partial charge in [0.1, 0.15) is 0 Å². The number of rotatable bonds is 4. The first-order chi connectivity index (χ1) is 11.5. The molecular weight excluding hydrogens is 326 g/mol. The van der Waals surface area contributed by atoms with Crippen LogP contribution in [-0.2, 0) is 0 Å². The number of aromatic amines is 1. The summed E-state index contributed by atoms with van der Waals surface area (Å²) in [5.74, 6) is 1.99. The molecule has 6 nitrogen and oxygen atoms in total. The van der Waals surface area contributed by atoms with Crippen LogP contribution in [0.25, 0.3) is 0 Å². The van der Waals surface area contributed by atoms with E-state index in [2.05, 4.69) is 10.1 Å². The Kier molecular flexibility index (Phi) is 4.45. The second-order valence-electron chi connectivity index (χ2n) is 5.85. The fraction of sp³-hybridized carbons (Fsp3) is 0.412. The third-order valence-electron chi connectivity index (χ3n) is 3.98. The van der Waals surface area contributed by atoms with Crippen LogP contribution in [0.1, 0.15) is 43.2 Å². The fourth-order valence-corrected chi connectivity index (χ4v) is 4.04. The molecule has 1 N–H and O–H groups in total. The van der Waals surface area contributed by atoms with Crippen molar-refractivity contribution in [2.45, 2.75) is 32.1 Å². The van der Waals surface area contributed by atoms with Gasteiger partial charge >= 0.3 is 0 Å². The van der Waals surface area contributed by atoms with E-state index in [1.807, 2.05) is 43.7 Å². The Morgan fingerprint density at radius 2 is 2.04 bits per heavy atom. The van der Waals surface area contributed by atoms with E-state index in [0.717, 1.165) is 10.6 Å². The van der Waals surface area contributed by atoms with Gasteiger partial charge in [-0.3, -0.25) is 14.6 Å². The quantitative estimate of drug-likeness (QED) is 0.916. The number of thioether (sulfide) groups is 1. The smallest absolute Gasteiger partial charge is 0.271 e. The highest BCUT2D eigenvalue weighted by molar-refractivity contribution is 8.14. The number of methoxy groups -OCH3 is 2. The van der Waals surface area contributed by atoms with Crippen molar-refractivity contribution in [2.75, 3.05) is 14.2 Å². The molecule has 2 aromatic rings. The standard InChI is InChI=1S/C17H21N3O3S/c1-9(2)20-16-13(17(21)19-20)15(24-10(3)18-16)11-7-6-8-12(22-4)14(11)23-5/h6-9,15H,1-5H3,(H,19,21)/t15-/m0/s1. The molecule has 1 atom stereocenters. The van der Waals surface area contributed by atoms with Crippen LogP contribution < -0.4 is 15.0 Å². The van der Waals surface area contributed by atoms with Crippen molar-refractivity contribution in [1.82, 2.24) is 9.78 Å². The molecule has 1 aromatic carbocycles. The molecule has 7 heteroatoms. The molecule has 0 spiro atoms. The molecule has 24 heavy (non-hydrogen) atoms. The number of nitrogens with one attached hydrogen (secondary N) is 1. The van der Waals surface area contributed by atoms with E-state index in [-0.39, 0.29) is 16.9 Å². The number of fused-ring (bicyclic) bond motifs is 1. The summed E-state index contributed by atoms with van der Waals surface area (Å²) in [5, 5.41) is 3.63. The molecule has 0 saturated carbocycles. The summed E-state index contributed by atoms with van der Waals surface area (Å²) in [5.41, 5.74) is 1.45. The van der Waals surface area contributed by atoms with E-state index in [1.54, 1.807) is 26.0 Å². The molecule has 1 aromatic heterocycles. The van der Waals surface area contributed by atoms with Crippen LogP contribution >= 0.6 is 11.8 Å². The normalized spacial score (nSPS) is 16.8. The molecule has 3 rings (SSSR count). The molecule has 0 bridgehead atoms. The topological polar surface area (TPSA) is 68.6 Å². The zero-order valence-electron chi connectivity index (χ0n) is 14.4. The molecular formula is C17H21N3O3S. The van der Waals surface area contributed by atoms with Crippen molar-refractivity contribution in [3.05, 3.63) is 39.7 Å². The Morgan fingerprint density at radius 1 is 1.29 bits per heavy atom. The third kappa shape index (κ3) is 2.62. The minimum Gasteiger partial charge on any atom is -0.493 e. The summed E-state index contributed by atoms with van der Waals surface area (Å²) in [4.78, 5) is 17.2. The van der Waals surface area contributed by atoms with Crippen LogP contribution in [0.15, 0.2) is 28.0 Å². The van der Waals surface area contributed by atoms with Gasteiger partial charge in [-0.25, -0.2) is 4.99 Å². The van der Waals surface area contributed by atoms with Gasteiger partial charge in [-0.2, -0.15) is 0 Å². The fourth-order valence-electron chi connectivity index (χ4n) is 2.92. The van der Waals surface area contributed by atoms with Gasteiger partial charge in [0.05, 0.1) is 30.1 Å². The summed E-state index contributed by atoms with van der Waals surface area (Å²) in [6.07, 6.45) is 0.